The lowest BCUT2D eigenvalue weighted by Crippen LogP contribution is -2.66. The maximum Gasteiger partial charge on any atom is 0.416 e. The van der Waals surface area contributed by atoms with Gasteiger partial charge in [0.25, 0.3) is 0 Å². The second-order valence-electron chi connectivity index (χ2n) is 16.8. The summed E-state index contributed by atoms with van der Waals surface area (Å²) in [6, 6.07) is -1.92. The number of likely N-dealkylation sites (tertiary alicyclic amines) is 1. The average molecular weight is 712 g/mol. The fourth-order valence-corrected chi connectivity index (χ4v) is 12.3. The molecule has 2 unspecified atom stereocenters. The summed E-state index contributed by atoms with van der Waals surface area (Å²) in [5.74, 6) is -1.97. The minimum Gasteiger partial charge on any atom is -0.459 e. The maximum absolute atomic E-state index is 15.8. The minimum absolute atomic E-state index is 0.0184. The van der Waals surface area contributed by atoms with E-state index in [1.165, 1.54) is 24.9 Å². The van der Waals surface area contributed by atoms with Crippen molar-refractivity contribution in [2.45, 2.75) is 152 Å². The third-order valence-corrected chi connectivity index (χ3v) is 14.2. The Balaban J connectivity index is 1.43. The highest BCUT2D eigenvalue weighted by molar-refractivity contribution is 6.04. The summed E-state index contributed by atoms with van der Waals surface area (Å²) < 4.78 is 17.5. The SMILES string of the molecule is C=CCNC(=O)[C@H]1[C@@H]2C(=O)O[C@@H](C3CCCCC3)[C@@H](C3CCCCC3)N2[C@@H](C2CCC(O)CC2)[C@]12C(=O)N(C(=O)OCCOC)C1CCCCC12. The highest BCUT2D eigenvalue weighted by Gasteiger charge is 2.79. The van der Waals surface area contributed by atoms with Crippen molar-refractivity contribution < 1.29 is 38.5 Å². The second-order valence-corrected chi connectivity index (χ2v) is 16.8. The van der Waals surface area contributed by atoms with Gasteiger partial charge in [-0.05, 0) is 87.9 Å². The number of hydrogen-bond donors (Lipinski definition) is 2. The molecule has 7 aliphatic rings. The van der Waals surface area contributed by atoms with Crippen LogP contribution < -0.4 is 5.32 Å². The predicted molar refractivity (Wildman–Crippen MR) is 189 cm³/mol. The molecule has 0 aromatic heterocycles. The van der Waals surface area contributed by atoms with Gasteiger partial charge >= 0.3 is 12.1 Å². The normalized spacial score (nSPS) is 39.3. The van der Waals surface area contributed by atoms with Crippen LogP contribution in [0.3, 0.4) is 0 Å². The van der Waals surface area contributed by atoms with Crippen LogP contribution in [0, 0.1) is 35.0 Å². The van der Waals surface area contributed by atoms with E-state index in [0.717, 1.165) is 64.2 Å². The highest BCUT2D eigenvalue weighted by atomic mass is 16.6. The first-order chi connectivity index (χ1) is 24.8. The van der Waals surface area contributed by atoms with Gasteiger partial charge in [0.05, 0.1) is 30.1 Å². The van der Waals surface area contributed by atoms with Crippen molar-refractivity contribution in [1.82, 2.24) is 15.1 Å². The van der Waals surface area contributed by atoms with Crippen LogP contribution in [0.25, 0.3) is 0 Å². The number of rotatable bonds is 9. The summed E-state index contributed by atoms with van der Waals surface area (Å²) in [4.78, 5) is 63.3. The van der Waals surface area contributed by atoms with E-state index in [1.54, 1.807) is 6.08 Å². The monoisotopic (exact) mass is 711 g/mol. The van der Waals surface area contributed by atoms with Gasteiger partial charge in [-0.25, -0.2) is 9.69 Å². The largest absolute Gasteiger partial charge is 0.459 e. The molecule has 1 spiro atoms. The van der Waals surface area contributed by atoms with Gasteiger partial charge in [-0.3, -0.25) is 19.3 Å². The van der Waals surface area contributed by atoms with Crippen molar-refractivity contribution in [2.75, 3.05) is 26.9 Å². The van der Waals surface area contributed by atoms with Gasteiger partial charge < -0.3 is 24.6 Å². The second kappa shape index (κ2) is 15.8. The molecule has 284 valence electrons. The number of ether oxygens (including phenoxy) is 3. The molecule has 3 saturated heterocycles. The number of aliphatic hydroxyl groups is 1. The summed E-state index contributed by atoms with van der Waals surface area (Å²) >= 11 is 0. The van der Waals surface area contributed by atoms with E-state index in [4.69, 9.17) is 14.2 Å². The number of nitrogens with one attached hydrogen (secondary N) is 1. The predicted octanol–water partition coefficient (Wildman–Crippen LogP) is 5.13. The van der Waals surface area contributed by atoms with Crippen LogP contribution in [-0.2, 0) is 28.6 Å². The zero-order valence-corrected chi connectivity index (χ0v) is 30.7. The molecular weight excluding hydrogens is 650 g/mol. The van der Waals surface area contributed by atoms with Crippen molar-refractivity contribution in [3.63, 3.8) is 0 Å². The van der Waals surface area contributed by atoms with Gasteiger partial charge in [-0.15, -0.1) is 6.58 Å². The quantitative estimate of drug-likeness (QED) is 0.190. The van der Waals surface area contributed by atoms with E-state index in [0.29, 0.717) is 38.5 Å². The van der Waals surface area contributed by atoms with Crippen LogP contribution in [0.4, 0.5) is 4.79 Å². The van der Waals surface area contributed by atoms with E-state index < -0.39 is 47.6 Å². The number of amides is 3. The number of nitrogens with zero attached hydrogens (tertiary/aromatic N) is 2. The Kier molecular flexibility index (Phi) is 11.4. The summed E-state index contributed by atoms with van der Waals surface area (Å²) in [6.45, 7) is 4.27. The lowest BCUT2D eigenvalue weighted by Gasteiger charge is -2.54. The summed E-state index contributed by atoms with van der Waals surface area (Å²) in [5, 5.41) is 13.8. The maximum atomic E-state index is 15.8. The number of imide groups is 1. The lowest BCUT2D eigenvalue weighted by molar-refractivity contribution is -0.190. The van der Waals surface area contributed by atoms with Gasteiger partial charge in [0.15, 0.2) is 0 Å². The van der Waals surface area contributed by atoms with E-state index in [1.807, 2.05) is 0 Å². The van der Waals surface area contributed by atoms with E-state index >= 15 is 4.79 Å². The Hall–Kier alpha value is -2.50. The van der Waals surface area contributed by atoms with Crippen molar-refractivity contribution in [3.8, 4) is 0 Å². The van der Waals surface area contributed by atoms with Gasteiger partial charge in [0, 0.05) is 25.7 Å². The zero-order chi connectivity index (χ0) is 35.7. The number of esters is 1. The van der Waals surface area contributed by atoms with Gasteiger partial charge in [-0.2, -0.15) is 0 Å². The Bertz CT molecular complexity index is 1290. The molecule has 0 radical (unpaired) electrons. The van der Waals surface area contributed by atoms with Crippen LogP contribution in [0.1, 0.15) is 116 Å². The molecule has 0 aromatic carbocycles. The number of cyclic esters (lactones) is 1. The molecule has 8 atom stereocenters. The topological polar surface area (TPSA) is 135 Å². The number of carbonyl (C=O) groups excluding carboxylic acids is 4. The fraction of sp³-hybridized carbons (Fsp3) is 0.850. The molecule has 51 heavy (non-hydrogen) atoms. The Morgan fingerprint density at radius 1 is 0.882 bits per heavy atom. The van der Waals surface area contributed by atoms with Crippen LogP contribution >= 0.6 is 0 Å². The highest BCUT2D eigenvalue weighted by Crippen LogP contribution is 2.65. The molecule has 7 rings (SSSR count). The Morgan fingerprint density at radius 2 is 1.53 bits per heavy atom. The molecule has 0 aromatic rings. The van der Waals surface area contributed by atoms with Gasteiger partial charge in [0.1, 0.15) is 18.8 Å². The summed E-state index contributed by atoms with van der Waals surface area (Å²) in [5.41, 5.74) is -1.33. The van der Waals surface area contributed by atoms with Crippen molar-refractivity contribution >= 4 is 23.9 Å². The molecule has 11 nitrogen and oxygen atoms in total. The average Bonchev–Trinajstić information content (AvgIpc) is 3.61. The summed E-state index contributed by atoms with van der Waals surface area (Å²) in [7, 11) is 1.54. The van der Waals surface area contributed by atoms with E-state index in [9.17, 15) is 19.5 Å². The molecule has 3 heterocycles. The molecule has 2 N–H and O–H groups in total. The molecule has 3 amide bonds. The molecule has 4 saturated carbocycles. The molecule has 0 bridgehead atoms. The van der Waals surface area contributed by atoms with Gasteiger partial charge in [0.2, 0.25) is 11.8 Å². The van der Waals surface area contributed by atoms with Crippen molar-refractivity contribution in [2.24, 2.45) is 35.0 Å². The van der Waals surface area contributed by atoms with Crippen molar-refractivity contribution in [3.05, 3.63) is 12.7 Å². The number of morpholine rings is 1. The Labute approximate surface area is 303 Å². The van der Waals surface area contributed by atoms with E-state index in [-0.39, 0.29) is 67.4 Å². The fourth-order valence-electron chi connectivity index (χ4n) is 12.3. The number of aliphatic hydroxyl groups excluding tert-OH is 1. The van der Waals surface area contributed by atoms with Crippen LogP contribution in [0.15, 0.2) is 12.7 Å². The number of carbonyl (C=O) groups is 4. The molecule has 4 aliphatic carbocycles. The molecule has 7 fully saturated rings. The van der Waals surface area contributed by atoms with Crippen LogP contribution in [0.5, 0.6) is 0 Å². The molecule has 11 heteroatoms. The zero-order valence-electron chi connectivity index (χ0n) is 30.7. The van der Waals surface area contributed by atoms with E-state index in [2.05, 4.69) is 16.8 Å². The Morgan fingerprint density at radius 3 is 2.20 bits per heavy atom. The number of hydrogen-bond acceptors (Lipinski definition) is 9. The third-order valence-electron chi connectivity index (χ3n) is 14.2. The van der Waals surface area contributed by atoms with Crippen molar-refractivity contribution in [1.29, 1.82) is 0 Å². The first-order valence-corrected chi connectivity index (χ1v) is 20.4. The first-order valence-electron chi connectivity index (χ1n) is 20.4. The molecule has 3 aliphatic heterocycles. The third kappa shape index (κ3) is 6.45. The standard InChI is InChI=1S/C40H61N3O8/c1-3-22-41-36(45)31-33-37(46)51-34(26-14-8-5-9-15-26)32(25-12-6-4-7-13-25)43(33)35(27-18-20-28(44)21-19-27)40(31)29-16-10-11-17-30(29)42(38(40)47)39(48)50-24-23-49-2/h3,25-35,44H,1,4-24H2,2H3,(H,41,45)/t27?,28?,29?,30?,31-,32-,33-,34+,35+,40-/m1/s1. The lowest BCUT2D eigenvalue weighted by atomic mass is 9.56. The molecular formula is C40H61N3O8. The number of fused-ring (bicyclic) bond motifs is 3. The minimum atomic E-state index is -1.33. The first kappa shape index (κ1) is 36.8. The summed E-state index contributed by atoms with van der Waals surface area (Å²) in [6.07, 6.45) is 16.8. The number of methoxy groups -OCH3 is 1. The smallest absolute Gasteiger partial charge is 0.416 e. The van der Waals surface area contributed by atoms with Crippen LogP contribution in [0.2, 0.25) is 0 Å². The van der Waals surface area contributed by atoms with Gasteiger partial charge in [-0.1, -0.05) is 57.4 Å². The van der Waals surface area contributed by atoms with Crippen LogP contribution in [-0.4, -0.2) is 102 Å².